The first-order valence-electron chi connectivity index (χ1n) is 10.5. The third-order valence-electron chi connectivity index (χ3n) is 5.73. The van der Waals surface area contributed by atoms with Crippen molar-refractivity contribution in [3.05, 3.63) is 35.4 Å². The number of thioether (sulfide) groups is 1. The second-order valence-corrected chi connectivity index (χ2v) is 9.20. The molecule has 1 aromatic rings. The van der Waals surface area contributed by atoms with Crippen molar-refractivity contribution < 1.29 is 9.59 Å². The van der Waals surface area contributed by atoms with Gasteiger partial charge in [0.15, 0.2) is 0 Å². The fourth-order valence-corrected chi connectivity index (χ4v) is 5.04. The normalized spacial score (nSPS) is 22.8. The van der Waals surface area contributed by atoms with Crippen LogP contribution in [0.4, 0.5) is 4.79 Å². The molecule has 3 amide bonds. The van der Waals surface area contributed by atoms with Crippen molar-refractivity contribution in [1.82, 2.24) is 15.1 Å². The molecular weight excluding hydrogens is 370 g/mol. The van der Waals surface area contributed by atoms with Crippen LogP contribution in [0.15, 0.2) is 24.3 Å². The zero-order valence-electron chi connectivity index (χ0n) is 17.2. The molecule has 2 saturated heterocycles. The van der Waals surface area contributed by atoms with Gasteiger partial charge < -0.3 is 15.1 Å². The molecule has 2 aliphatic rings. The van der Waals surface area contributed by atoms with Gasteiger partial charge in [0.25, 0.3) is 0 Å². The Morgan fingerprint density at radius 3 is 2.68 bits per heavy atom. The van der Waals surface area contributed by atoms with Crippen molar-refractivity contribution in [3.8, 4) is 0 Å². The highest BCUT2D eigenvalue weighted by molar-refractivity contribution is 7.99. The predicted octanol–water partition coefficient (Wildman–Crippen LogP) is 3.49. The van der Waals surface area contributed by atoms with Crippen molar-refractivity contribution in [2.75, 3.05) is 44.2 Å². The molecular formula is C22H33N3O2S. The predicted molar refractivity (Wildman–Crippen MR) is 116 cm³/mol. The summed E-state index contributed by atoms with van der Waals surface area (Å²) in [5.41, 5.74) is 2.45. The number of nitrogens with one attached hydrogen (secondary N) is 1. The summed E-state index contributed by atoms with van der Waals surface area (Å²) in [4.78, 5) is 29.8. The van der Waals surface area contributed by atoms with E-state index in [0.717, 1.165) is 43.9 Å². The first-order valence-corrected chi connectivity index (χ1v) is 11.7. The maximum Gasteiger partial charge on any atom is 0.317 e. The topological polar surface area (TPSA) is 52.7 Å². The molecule has 0 saturated carbocycles. The van der Waals surface area contributed by atoms with Gasteiger partial charge in [0.1, 0.15) is 0 Å². The second-order valence-electron chi connectivity index (χ2n) is 7.97. The number of carbonyl (C=O) groups is 2. The number of rotatable bonds is 5. The molecule has 1 aromatic carbocycles. The van der Waals surface area contributed by atoms with E-state index in [-0.39, 0.29) is 23.8 Å². The Labute approximate surface area is 173 Å². The molecule has 154 valence electrons. The van der Waals surface area contributed by atoms with Crippen molar-refractivity contribution in [3.63, 3.8) is 0 Å². The quantitative estimate of drug-likeness (QED) is 0.766. The molecule has 0 radical (unpaired) electrons. The molecule has 2 unspecified atom stereocenters. The zero-order chi connectivity index (χ0) is 19.9. The van der Waals surface area contributed by atoms with Crippen LogP contribution in [0, 0.1) is 12.8 Å². The van der Waals surface area contributed by atoms with Crippen LogP contribution in [-0.4, -0.2) is 66.0 Å². The first-order chi connectivity index (χ1) is 13.6. The summed E-state index contributed by atoms with van der Waals surface area (Å²) in [6.07, 6.45) is 2.86. The highest BCUT2D eigenvalue weighted by Crippen LogP contribution is 2.32. The molecule has 2 aliphatic heterocycles. The number of hydrogen-bond donors (Lipinski definition) is 1. The van der Waals surface area contributed by atoms with Crippen LogP contribution < -0.4 is 5.32 Å². The summed E-state index contributed by atoms with van der Waals surface area (Å²) < 4.78 is 0. The summed E-state index contributed by atoms with van der Waals surface area (Å²) in [5.74, 6) is 2.35. The number of unbranched alkanes of at least 4 members (excludes halogenated alkanes) is 1. The third-order valence-corrected chi connectivity index (χ3v) is 6.67. The van der Waals surface area contributed by atoms with E-state index in [1.165, 1.54) is 11.1 Å². The standard InChI is InChI=1S/C22H33N3O2S/c1-3-4-8-23-22(27)25-15-19(18-7-5-6-17(2)13-18)14-20(16-25)21(26)24-9-11-28-12-10-24/h5-7,13,19-20H,3-4,8-12,14-16H2,1-2H3,(H,23,27). The molecule has 28 heavy (non-hydrogen) atoms. The average Bonchev–Trinajstić information content (AvgIpc) is 2.73. The van der Waals surface area contributed by atoms with E-state index < -0.39 is 0 Å². The fourth-order valence-electron chi connectivity index (χ4n) is 4.14. The monoisotopic (exact) mass is 403 g/mol. The Hall–Kier alpha value is -1.69. The van der Waals surface area contributed by atoms with Crippen molar-refractivity contribution in [1.29, 1.82) is 0 Å². The van der Waals surface area contributed by atoms with E-state index in [1.807, 2.05) is 21.6 Å². The zero-order valence-corrected chi connectivity index (χ0v) is 18.0. The number of hydrogen-bond acceptors (Lipinski definition) is 3. The van der Waals surface area contributed by atoms with Gasteiger partial charge in [0.05, 0.1) is 5.92 Å². The van der Waals surface area contributed by atoms with Crippen molar-refractivity contribution in [2.45, 2.75) is 39.0 Å². The third kappa shape index (κ3) is 5.43. The Bertz CT molecular complexity index is 676. The number of nitrogens with zero attached hydrogens (tertiary/aromatic N) is 2. The Morgan fingerprint density at radius 1 is 1.18 bits per heavy atom. The number of piperidine rings is 1. The van der Waals surface area contributed by atoms with Gasteiger partial charge in [-0.3, -0.25) is 4.79 Å². The maximum absolute atomic E-state index is 13.2. The molecule has 0 aliphatic carbocycles. The van der Waals surface area contributed by atoms with Crippen LogP contribution in [0.3, 0.4) is 0 Å². The van der Waals surface area contributed by atoms with Crippen LogP contribution >= 0.6 is 11.8 Å². The van der Waals surface area contributed by atoms with Gasteiger partial charge in [-0.1, -0.05) is 43.2 Å². The summed E-state index contributed by atoms with van der Waals surface area (Å²) in [6.45, 7) is 7.78. The molecule has 6 heteroatoms. The van der Waals surface area contributed by atoms with Crippen molar-refractivity contribution >= 4 is 23.7 Å². The molecule has 2 fully saturated rings. The average molecular weight is 404 g/mol. The van der Waals surface area contributed by atoms with Crippen LogP contribution in [0.5, 0.6) is 0 Å². The van der Waals surface area contributed by atoms with Gasteiger partial charge in [-0.15, -0.1) is 0 Å². The second kappa shape index (κ2) is 10.2. The molecule has 3 rings (SSSR count). The minimum atomic E-state index is -0.112. The number of amides is 3. The Morgan fingerprint density at radius 2 is 1.96 bits per heavy atom. The molecule has 0 aromatic heterocycles. The van der Waals surface area contributed by atoms with Gasteiger partial charge >= 0.3 is 6.03 Å². The van der Waals surface area contributed by atoms with Gasteiger partial charge in [-0.2, -0.15) is 11.8 Å². The number of benzene rings is 1. The number of carbonyl (C=O) groups excluding carboxylic acids is 2. The van der Waals surface area contributed by atoms with E-state index in [9.17, 15) is 9.59 Å². The lowest BCUT2D eigenvalue weighted by Gasteiger charge is -2.40. The summed E-state index contributed by atoms with van der Waals surface area (Å²) >= 11 is 1.91. The lowest BCUT2D eigenvalue weighted by molar-refractivity contribution is -0.136. The van der Waals surface area contributed by atoms with Crippen LogP contribution in [-0.2, 0) is 4.79 Å². The van der Waals surface area contributed by atoms with Gasteiger partial charge in [0, 0.05) is 50.1 Å². The molecule has 0 bridgehead atoms. The van der Waals surface area contributed by atoms with Crippen LogP contribution in [0.25, 0.3) is 0 Å². The fraction of sp³-hybridized carbons (Fsp3) is 0.636. The molecule has 2 heterocycles. The van der Waals surface area contributed by atoms with E-state index in [4.69, 9.17) is 0 Å². The van der Waals surface area contributed by atoms with E-state index >= 15 is 0 Å². The summed E-state index contributed by atoms with van der Waals surface area (Å²) in [7, 11) is 0. The minimum absolute atomic E-state index is 0.0298. The highest BCUT2D eigenvalue weighted by Gasteiger charge is 2.36. The largest absolute Gasteiger partial charge is 0.341 e. The molecule has 1 N–H and O–H groups in total. The molecule has 2 atom stereocenters. The van der Waals surface area contributed by atoms with Gasteiger partial charge in [0.2, 0.25) is 5.91 Å². The SMILES string of the molecule is CCCCNC(=O)N1CC(C(=O)N2CCSCC2)CC(c2cccc(C)c2)C1. The smallest absolute Gasteiger partial charge is 0.317 e. The van der Waals surface area contributed by atoms with Crippen LogP contribution in [0.1, 0.15) is 43.2 Å². The van der Waals surface area contributed by atoms with Crippen LogP contribution in [0.2, 0.25) is 0 Å². The van der Waals surface area contributed by atoms with E-state index in [2.05, 4.69) is 43.4 Å². The highest BCUT2D eigenvalue weighted by atomic mass is 32.2. The number of aryl methyl sites for hydroxylation is 1. The van der Waals surface area contributed by atoms with E-state index in [1.54, 1.807) is 0 Å². The first kappa shape index (κ1) is 21.0. The summed E-state index contributed by atoms with van der Waals surface area (Å²) in [6, 6.07) is 8.47. The lowest BCUT2D eigenvalue weighted by atomic mass is 9.83. The van der Waals surface area contributed by atoms with Crippen molar-refractivity contribution in [2.24, 2.45) is 5.92 Å². The molecule has 0 spiro atoms. The van der Waals surface area contributed by atoms with E-state index in [0.29, 0.717) is 19.6 Å². The molecule has 5 nitrogen and oxygen atoms in total. The van der Waals surface area contributed by atoms with Gasteiger partial charge in [-0.05, 0) is 25.3 Å². The summed E-state index contributed by atoms with van der Waals surface area (Å²) in [5, 5.41) is 3.03. The van der Waals surface area contributed by atoms with Gasteiger partial charge in [-0.25, -0.2) is 4.79 Å². The maximum atomic E-state index is 13.2. The Balaban J connectivity index is 1.75. The number of urea groups is 1. The lowest BCUT2D eigenvalue weighted by Crippen LogP contribution is -2.52. The number of likely N-dealkylation sites (tertiary alicyclic amines) is 1. The minimum Gasteiger partial charge on any atom is -0.341 e. The Kier molecular flexibility index (Phi) is 7.65.